The molecule has 1 fully saturated rings. The summed E-state index contributed by atoms with van der Waals surface area (Å²) in [5, 5.41) is 2.16. The zero-order chi connectivity index (χ0) is 31.1. The third kappa shape index (κ3) is 8.69. The van der Waals surface area contributed by atoms with Gasteiger partial charge in [-0.25, -0.2) is 9.18 Å². The molecule has 4 rings (SSSR count). The number of imide groups is 1. The van der Waals surface area contributed by atoms with Crippen molar-refractivity contribution < 1.29 is 33.0 Å². The fourth-order valence-electron chi connectivity index (χ4n) is 3.82. The number of nitrogens with zero attached hydrogens (tertiary/aromatic N) is 1. The van der Waals surface area contributed by atoms with Crippen molar-refractivity contribution in [2.24, 2.45) is 0 Å². The lowest BCUT2D eigenvalue weighted by Gasteiger charge is -2.13. The van der Waals surface area contributed by atoms with Crippen molar-refractivity contribution in [3.05, 3.63) is 96.0 Å². The predicted octanol–water partition coefficient (Wildman–Crippen LogP) is 8.22. The van der Waals surface area contributed by atoms with E-state index in [2.05, 4.69) is 37.2 Å². The third-order valence-corrected chi connectivity index (χ3v) is 8.41. The van der Waals surface area contributed by atoms with Crippen LogP contribution in [0.4, 0.5) is 14.9 Å². The molecule has 0 spiro atoms. The number of benzene rings is 3. The molecule has 0 bridgehead atoms. The Kier molecular flexibility index (Phi) is 11.4. The Morgan fingerprint density at radius 1 is 1.07 bits per heavy atom. The highest BCUT2D eigenvalue weighted by Gasteiger charge is 2.36. The lowest BCUT2D eigenvalue weighted by Crippen LogP contribution is -2.36. The van der Waals surface area contributed by atoms with Gasteiger partial charge in [0.1, 0.15) is 24.7 Å². The number of unbranched alkanes of at least 4 members (excludes halogenated alkanes) is 1. The van der Waals surface area contributed by atoms with Crippen LogP contribution < -0.4 is 10.1 Å². The SMILES string of the molecule is CCCCOC(=O)c1cc(NC(=O)CN2C(=O)S/C(=C/c3cc(Br)c(OCc4ccc(F)cc4)c(Br)c3)C2=O)ccc1Cl. The van der Waals surface area contributed by atoms with Gasteiger partial charge in [-0.3, -0.25) is 19.3 Å². The van der Waals surface area contributed by atoms with Gasteiger partial charge in [0.2, 0.25) is 5.91 Å². The Morgan fingerprint density at radius 2 is 1.77 bits per heavy atom. The number of anilines is 1. The molecule has 0 radical (unpaired) electrons. The summed E-state index contributed by atoms with van der Waals surface area (Å²) < 4.78 is 25.4. The van der Waals surface area contributed by atoms with Crippen molar-refractivity contribution in [2.45, 2.75) is 26.4 Å². The van der Waals surface area contributed by atoms with Gasteiger partial charge in [0.05, 0.1) is 31.0 Å². The molecule has 1 saturated heterocycles. The van der Waals surface area contributed by atoms with Gasteiger partial charge in [0.25, 0.3) is 11.1 Å². The summed E-state index contributed by atoms with van der Waals surface area (Å²) in [7, 11) is 0. The Labute approximate surface area is 273 Å². The lowest BCUT2D eigenvalue weighted by molar-refractivity contribution is -0.127. The second kappa shape index (κ2) is 15.0. The highest BCUT2D eigenvalue weighted by Crippen LogP contribution is 2.38. The van der Waals surface area contributed by atoms with Crippen molar-refractivity contribution in [3.63, 3.8) is 0 Å². The minimum absolute atomic E-state index is 0.0915. The van der Waals surface area contributed by atoms with Crippen LogP contribution in [-0.4, -0.2) is 41.1 Å². The fraction of sp³-hybridized carbons (Fsp3) is 0.200. The monoisotopic (exact) mass is 752 g/mol. The Hall–Kier alpha value is -3.19. The van der Waals surface area contributed by atoms with E-state index in [4.69, 9.17) is 21.1 Å². The van der Waals surface area contributed by atoms with Crippen LogP contribution in [0.5, 0.6) is 5.75 Å². The number of rotatable bonds is 11. The highest BCUT2D eigenvalue weighted by molar-refractivity contribution is 9.11. The Balaban J connectivity index is 1.40. The van der Waals surface area contributed by atoms with E-state index in [0.29, 0.717) is 38.4 Å². The Morgan fingerprint density at radius 3 is 2.44 bits per heavy atom. The molecule has 1 heterocycles. The van der Waals surface area contributed by atoms with Crippen LogP contribution in [0, 0.1) is 5.82 Å². The second-order valence-electron chi connectivity index (χ2n) is 9.23. The van der Waals surface area contributed by atoms with Crippen LogP contribution in [-0.2, 0) is 20.9 Å². The van der Waals surface area contributed by atoms with E-state index in [1.165, 1.54) is 36.4 Å². The molecule has 0 aliphatic carbocycles. The average molecular weight is 755 g/mol. The zero-order valence-electron chi connectivity index (χ0n) is 22.6. The number of carbonyl (C=O) groups excluding carboxylic acids is 4. The Bertz CT molecular complexity index is 1580. The van der Waals surface area contributed by atoms with E-state index in [1.54, 1.807) is 24.3 Å². The van der Waals surface area contributed by atoms with Gasteiger partial charge >= 0.3 is 5.97 Å². The van der Waals surface area contributed by atoms with Crippen LogP contribution in [0.1, 0.15) is 41.3 Å². The minimum atomic E-state index is -0.635. The maximum Gasteiger partial charge on any atom is 0.339 e. The van der Waals surface area contributed by atoms with Gasteiger partial charge in [-0.2, -0.15) is 0 Å². The number of hydrogen-bond acceptors (Lipinski definition) is 7. The molecule has 1 N–H and O–H groups in total. The van der Waals surface area contributed by atoms with E-state index in [0.717, 1.165) is 16.9 Å². The zero-order valence-corrected chi connectivity index (χ0v) is 27.4. The molecule has 1 aliphatic heterocycles. The first-order valence-corrected chi connectivity index (χ1v) is 15.7. The van der Waals surface area contributed by atoms with Crippen LogP contribution in [0.15, 0.2) is 68.4 Å². The lowest BCUT2D eigenvalue weighted by atomic mass is 10.2. The van der Waals surface area contributed by atoms with Crippen LogP contribution >= 0.6 is 55.2 Å². The number of ether oxygens (including phenoxy) is 2. The van der Waals surface area contributed by atoms with Crippen LogP contribution in [0.25, 0.3) is 6.08 Å². The maximum absolute atomic E-state index is 13.2. The molecule has 224 valence electrons. The molecule has 43 heavy (non-hydrogen) atoms. The topological polar surface area (TPSA) is 102 Å². The van der Waals surface area contributed by atoms with Gasteiger partial charge in [0.15, 0.2) is 0 Å². The van der Waals surface area contributed by atoms with E-state index in [9.17, 15) is 23.6 Å². The summed E-state index contributed by atoms with van der Waals surface area (Å²) >= 11 is 13.8. The van der Waals surface area contributed by atoms with E-state index < -0.39 is 29.6 Å². The molecular formula is C30H24Br2ClFN2O6S. The first-order valence-electron chi connectivity index (χ1n) is 12.9. The molecule has 3 amide bonds. The van der Waals surface area contributed by atoms with Gasteiger partial charge in [-0.1, -0.05) is 37.1 Å². The summed E-state index contributed by atoms with van der Waals surface area (Å²) in [6, 6.07) is 13.7. The van der Waals surface area contributed by atoms with Crippen molar-refractivity contribution >= 4 is 90.0 Å². The van der Waals surface area contributed by atoms with E-state index in [-0.39, 0.29) is 40.2 Å². The minimum Gasteiger partial charge on any atom is -0.487 e. The number of hydrogen-bond donors (Lipinski definition) is 1. The molecule has 3 aromatic carbocycles. The number of amides is 3. The molecular weight excluding hydrogens is 731 g/mol. The average Bonchev–Trinajstić information content (AvgIpc) is 3.21. The van der Waals surface area contributed by atoms with Crippen molar-refractivity contribution in [1.29, 1.82) is 0 Å². The second-order valence-corrected chi connectivity index (χ2v) is 12.3. The van der Waals surface area contributed by atoms with Crippen molar-refractivity contribution in [3.8, 4) is 5.75 Å². The smallest absolute Gasteiger partial charge is 0.339 e. The highest BCUT2D eigenvalue weighted by atomic mass is 79.9. The summed E-state index contributed by atoms with van der Waals surface area (Å²) in [4.78, 5) is 51.7. The molecule has 3 aromatic rings. The quantitative estimate of drug-likeness (QED) is 0.120. The molecule has 0 aromatic heterocycles. The number of carbonyl (C=O) groups is 4. The van der Waals surface area contributed by atoms with Crippen LogP contribution in [0.3, 0.4) is 0 Å². The summed E-state index contributed by atoms with van der Waals surface area (Å²) in [6.07, 6.45) is 3.10. The predicted molar refractivity (Wildman–Crippen MR) is 171 cm³/mol. The number of halogens is 4. The first-order chi connectivity index (χ1) is 20.5. The van der Waals surface area contributed by atoms with E-state index >= 15 is 0 Å². The summed E-state index contributed by atoms with van der Waals surface area (Å²) in [5.74, 6) is -1.70. The first kappa shape index (κ1) is 32.7. The van der Waals surface area contributed by atoms with Gasteiger partial charge in [-0.05, 0) is 110 Å². The van der Waals surface area contributed by atoms with Crippen LogP contribution in [0.2, 0.25) is 5.02 Å². The molecule has 1 aliphatic rings. The van der Waals surface area contributed by atoms with Gasteiger partial charge in [-0.15, -0.1) is 0 Å². The van der Waals surface area contributed by atoms with E-state index in [1.807, 2.05) is 6.92 Å². The van der Waals surface area contributed by atoms with Gasteiger partial charge < -0.3 is 14.8 Å². The standard InChI is InChI=1S/C30H24Br2ClFN2O6S/c1-2-3-10-41-29(39)21-14-20(8-9-24(21)33)35-26(37)15-36-28(38)25(43-30(36)40)13-18-11-22(31)27(23(32)12-18)42-16-17-4-6-19(34)7-5-17/h4-9,11-14H,2-3,10,15-16H2,1H3,(H,35,37)/b25-13+. The van der Waals surface area contributed by atoms with Crippen molar-refractivity contribution in [1.82, 2.24) is 4.90 Å². The normalized spacial score (nSPS) is 13.9. The molecule has 8 nitrogen and oxygen atoms in total. The number of esters is 1. The largest absolute Gasteiger partial charge is 0.487 e. The molecule has 0 atom stereocenters. The summed E-state index contributed by atoms with van der Waals surface area (Å²) in [5.41, 5.74) is 1.73. The maximum atomic E-state index is 13.2. The van der Waals surface area contributed by atoms with Crippen molar-refractivity contribution in [2.75, 3.05) is 18.5 Å². The van der Waals surface area contributed by atoms with Gasteiger partial charge in [0, 0.05) is 5.69 Å². The molecule has 13 heteroatoms. The summed E-state index contributed by atoms with van der Waals surface area (Å²) in [6.45, 7) is 1.90. The molecule has 0 saturated carbocycles. The number of thioether (sulfide) groups is 1. The number of nitrogens with one attached hydrogen (secondary N) is 1. The fourth-order valence-corrected chi connectivity index (χ4v) is 6.30. The third-order valence-electron chi connectivity index (χ3n) is 5.99. The molecule has 0 unspecified atom stereocenters.